The summed E-state index contributed by atoms with van der Waals surface area (Å²) in [5.41, 5.74) is 7.59. The van der Waals surface area contributed by atoms with Crippen molar-refractivity contribution in [2.75, 3.05) is 11.4 Å². The van der Waals surface area contributed by atoms with E-state index in [1.807, 2.05) is 14.0 Å². The van der Waals surface area contributed by atoms with E-state index < -0.39 is 0 Å². The molecule has 0 bridgehead atoms. The summed E-state index contributed by atoms with van der Waals surface area (Å²) < 4.78 is 1.76. The van der Waals surface area contributed by atoms with Crippen LogP contribution in [0.1, 0.15) is 12.1 Å². The molecular formula is C9H14N4O. The highest BCUT2D eigenvalue weighted by molar-refractivity contribution is 5.96. The van der Waals surface area contributed by atoms with E-state index in [9.17, 15) is 4.79 Å². The Balaban J connectivity index is 2.32. The maximum Gasteiger partial charge on any atom is 0.228 e. The average molecular weight is 194 g/mol. The lowest BCUT2D eigenvalue weighted by atomic mass is 10.3. The molecule has 1 fully saturated rings. The van der Waals surface area contributed by atoms with Crippen LogP contribution in [0.4, 0.5) is 5.69 Å². The predicted molar refractivity (Wildman–Crippen MR) is 52.9 cm³/mol. The molecule has 76 valence electrons. The van der Waals surface area contributed by atoms with Gasteiger partial charge in [0.05, 0.1) is 17.6 Å². The van der Waals surface area contributed by atoms with Crippen molar-refractivity contribution in [3.05, 3.63) is 11.9 Å². The summed E-state index contributed by atoms with van der Waals surface area (Å²) in [5, 5.41) is 4.10. The third-order valence-corrected chi connectivity index (χ3v) is 2.66. The molecule has 5 nitrogen and oxygen atoms in total. The van der Waals surface area contributed by atoms with Crippen LogP contribution in [0, 0.1) is 6.92 Å². The zero-order valence-electron chi connectivity index (χ0n) is 8.40. The van der Waals surface area contributed by atoms with E-state index in [1.54, 1.807) is 15.8 Å². The van der Waals surface area contributed by atoms with Crippen molar-refractivity contribution in [3.8, 4) is 0 Å². The Kier molecular flexibility index (Phi) is 2.03. The van der Waals surface area contributed by atoms with Gasteiger partial charge in [-0.3, -0.25) is 9.48 Å². The minimum Gasteiger partial charge on any atom is -0.326 e. The van der Waals surface area contributed by atoms with Crippen molar-refractivity contribution in [2.45, 2.75) is 19.4 Å². The van der Waals surface area contributed by atoms with Crippen LogP contribution in [-0.2, 0) is 11.8 Å². The summed E-state index contributed by atoms with van der Waals surface area (Å²) in [5.74, 6) is 0.0913. The number of nitrogens with zero attached hydrogens (tertiary/aromatic N) is 3. The lowest BCUT2D eigenvalue weighted by Crippen LogP contribution is -2.28. The number of carbonyl (C=O) groups excluding carboxylic acids is 1. The molecule has 1 aliphatic heterocycles. The van der Waals surface area contributed by atoms with Gasteiger partial charge in [-0.05, 0) is 6.92 Å². The first-order chi connectivity index (χ1) is 6.59. The van der Waals surface area contributed by atoms with Crippen molar-refractivity contribution < 1.29 is 4.79 Å². The lowest BCUT2D eigenvalue weighted by Gasteiger charge is -2.14. The van der Waals surface area contributed by atoms with Crippen LogP contribution < -0.4 is 10.6 Å². The van der Waals surface area contributed by atoms with Gasteiger partial charge in [-0.15, -0.1) is 0 Å². The van der Waals surface area contributed by atoms with Gasteiger partial charge in [-0.2, -0.15) is 5.10 Å². The first kappa shape index (κ1) is 9.21. The largest absolute Gasteiger partial charge is 0.326 e. The fraction of sp³-hybridized carbons (Fsp3) is 0.556. The second kappa shape index (κ2) is 3.09. The molecule has 1 unspecified atom stereocenters. The summed E-state index contributed by atoms with van der Waals surface area (Å²) in [6.45, 7) is 2.55. The van der Waals surface area contributed by atoms with E-state index in [1.165, 1.54) is 0 Å². The molecule has 0 saturated carbocycles. The molecule has 2 heterocycles. The fourth-order valence-electron chi connectivity index (χ4n) is 1.72. The minimum absolute atomic E-state index is 0.0397. The van der Waals surface area contributed by atoms with Crippen LogP contribution >= 0.6 is 0 Å². The first-order valence-electron chi connectivity index (χ1n) is 4.64. The van der Waals surface area contributed by atoms with Crippen molar-refractivity contribution in [3.63, 3.8) is 0 Å². The Labute approximate surface area is 82.5 Å². The fourth-order valence-corrected chi connectivity index (χ4v) is 1.72. The summed E-state index contributed by atoms with van der Waals surface area (Å²) in [6, 6.07) is -0.0397. The number of anilines is 1. The van der Waals surface area contributed by atoms with Gasteiger partial charge in [0.15, 0.2) is 0 Å². The Morgan fingerprint density at radius 3 is 2.79 bits per heavy atom. The normalized spacial score (nSPS) is 22.1. The van der Waals surface area contributed by atoms with Gasteiger partial charge in [-0.1, -0.05) is 0 Å². The van der Waals surface area contributed by atoms with Crippen molar-refractivity contribution >= 4 is 11.6 Å². The molecule has 5 heteroatoms. The molecule has 2 rings (SSSR count). The molecule has 0 aliphatic carbocycles. The second-order valence-corrected chi connectivity index (χ2v) is 3.71. The van der Waals surface area contributed by atoms with E-state index in [0.29, 0.717) is 13.0 Å². The smallest absolute Gasteiger partial charge is 0.228 e. The average Bonchev–Trinajstić information content (AvgIpc) is 2.59. The maximum absolute atomic E-state index is 11.6. The monoisotopic (exact) mass is 194 g/mol. The van der Waals surface area contributed by atoms with Gasteiger partial charge in [0.2, 0.25) is 5.91 Å². The van der Waals surface area contributed by atoms with Crippen LogP contribution in [-0.4, -0.2) is 28.3 Å². The number of aryl methyl sites for hydroxylation is 1. The molecule has 14 heavy (non-hydrogen) atoms. The third kappa shape index (κ3) is 1.29. The van der Waals surface area contributed by atoms with Crippen LogP contribution in [0.25, 0.3) is 0 Å². The molecule has 0 radical (unpaired) electrons. The molecule has 0 spiro atoms. The number of amides is 1. The van der Waals surface area contributed by atoms with Crippen molar-refractivity contribution in [1.29, 1.82) is 0 Å². The Bertz CT molecular complexity index is 371. The predicted octanol–water partition coefficient (Wildman–Crippen LogP) is -0.207. The van der Waals surface area contributed by atoms with Crippen molar-refractivity contribution in [2.24, 2.45) is 12.8 Å². The van der Waals surface area contributed by atoms with E-state index in [-0.39, 0.29) is 11.9 Å². The second-order valence-electron chi connectivity index (χ2n) is 3.71. The molecule has 1 amide bonds. The zero-order valence-corrected chi connectivity index (χ0v) is 8.40. The van der Waals surface area contributed by atoms with Gasteiger partial charge >= 0.3 is 0 Å². The van der Waals surface area contributed by atoms with Crippen LogP contribution in [0.2, 0.25) is 0 Å². The number of rotatable bonds is 1. The maximum atomic E-state index is 11.6. The van der Waals surface area contributed by atoms with E-state index >= 15 is 0 Å². The molecular weight excluding hydrogens is 180 g/mol. The molecule has 1 saturated heterocycles. The lowest BCUT2D eigenvalue weighted by molar-refractivity contribution is -0.117. The molecule has 0 aromatic carbocycles. The Morgan fingerprint density at radius 2 is 2.36 bits per heavy atom. The van der Waals surface area contributed by atoms with Gasteiger partial charge < -0.3 is 10.6 Å². The number of hydrogen-bond acceptors (Lipinski definition) is 3. The number of hydrogen-bond donors (Lipinski definition) is 1. The van der Waals surface area contributed by atoms with Crippen LogP contribution in [0.5, 0.6) is 0 Å². The number of carbonyl (C=O) groups is 1. The summed E-state index contributed by atoms with van der Waals surface area (Å²) in [6.07, 6.45) is 2.15. The molecule has 1 aliphatic rings. The van der Waals surface area contributed by atoms with Crippen molar-refractivity contribution in [1.82, 2.24) is 9.78 Å². The summed E-state index contributed by atoms with van der Waals surface area (Å²) in [7, 11) is 1.86. The van der Waals surface area contributed by atoms with Gasteiger partial charge in [0, 0.05) is 26.1 Å². The SMILES string of the molecule is Cc1c(N2CC(N)CC2=O)cnn1C. The van der Waals surface area contributed by atoms with Gasteiger partial charge in [0.25, 0.3) is 0 Å². The summed E-state index contributed by atoms with van der Waals surface area (Å²) in [4.78, 5) is 13.3. The first-order valence-corrected chi connectivity index (χ1v) is 4.64. The summed E-state index contributed by atoms with van der Waals surface area (Å²) >= 11 is 0. The zero-order chi connectivity index (χ0) is 10.3. The van der Waals surface area contributed by atoms with Crippen LogP contribution in [0.3, 0.4) is 0 Å². The highest BCUT2D eigenvalue weighted by Crippen LogP contribution is 2.23. The van der Waals surface area contributed by atoms with Crippen LogP contribution in [0.15, 0.2) is 6.20 Å². The molecule has 1 atom stereocenters. The topological polar surface area (TPSA) is 64.2 Å². The van der Waals surface area contributed by atoms with Gasteiger partial charge in [0.1, 0.15) is 0 Å². The number of aromatic nitrogens is 2. The number of nitrogens with two attached hydrogens (primary N) is 1. The van der Waals surface area contributed by atoms with Gasteiger partial charge in [-0.25, -0.2) is 0 Å². The molecule has 1 aromatic rings. The van der Waals surface area contributed by atoms with E-state index in [4.69, 9.17) is 5.73 Å². The molecule has 1 aromatic heterocycles. The highest BCUT2D eigenvalue weighted by Gasteiger charge is 2.29. The Morgan fingerprint density at radius 1 is 1.64 bits per heavy atom. The Hall–Kier alpha value is -1.36. The van der Waals surface area contributed by atoms with E-state index in [0.717, 1.165) is 11.4 Å². The minimum atomic E-state index is -0.0397. The standard InChI is InChI=1S/C9H14N4O/c1-6-8(4-11-12(6)2)13-5-7(10)3-9(13)14/h4,7H,3,5,10H2,1-2H3. The highest BCUT2D eigenvalue weighted by atomic mass is 16.2. The van der Waals surface area contributed by atoms with E-state index in [2.05, 4.69) is 5.10 Å². The quantitative estimate of drug-likeness (QED) is 0.673. The molecule has 2 N–H and O–H groups in total. The third-order valence-electron chi connectivity index (χ3n) is 2.66.